The molecule has 0 bridgehead atoms. The summed E-state index contributed by atoms with van der Waals surface area (Å²) in [6.07, 6.45) is 3.10. The molecule has 1 atom stereocenters. The molecule has 16 heavy (non-hydrogen) atoms. The maximum Gasteiger partial charge on any atom is 0.0639 e. The standard InChI is InChI=1S/C12H16ClN3/c13-10-3-1-2-9(12(10)15)11(14)8-4-6-16-7-5-8/h1-4,11,16H,5-7,14-15H2. The van der Waals surface area contributed by atoms with E-state index in [1.807, 2.05) is 12.1 Å². The molecule has 4 heteroatoms. The average molecular weight is 238 g/mol. The normalized spacial score (nSPS) is 18.0. The van der Waals surface area contributed by atoms with Crippen LogP contribution in [0.3, 0.4) is 0 Å². The number of benzene rings is 1. The van der Waals surface area contributed by atoms with Gasteiger partial charge in [-0.05, 0) is 24.6 Å². The Bertz CT molecular complexity index is 415. The molecule has 0 spiro atoms. The van der Waals surface area contributed by atoms with Crippen LogP contribution >= 0.6 is 11.6 Å². The van der Waals surface area contributed by atoms with Gasteiger partial charge in [-0.2, -0.15) is 0 Å². The van der Waals surface area contributed by atoms with Crippen LogP contribution in [0.5, 0.6) is 0 Å². The third-order valence-corrected chi connectivity index (χ3v) is 3.25. The summed E-state index contributed by atoms with van der Waals surface area (Å²) in [4.78, 5) is 0. The zero-order chi connectivity index (χ0) is 11.5. The SMILES string of the molecule is Nc1c(Cl)cccc1C(N)C1=CCNCC1. The molecular formula is C12H16ClN3. The van der Waals surface area contributed by atoms with Crippen LogP contribution in [0.1, 0.15) is 18.0 Å². The van der Waals surface area contributed by atoms with Crippen molar-refractivity contribution in [2.75, 3.05) is 18.8 Å². The molecule has 1 aliphatic heterocycles. The van der Waals surface area contributed by atoms with E-state index in [0.29, 0.717) is 10.7 Å². The highest BCUT2D eigenvalue weighted by Crippen LogP contribution is 2.31. The summed E-state index contributed by atoms with van der Waals surface area (Å²) in [6, 6.07) is 5.47. The molecule has 1 aliphatic rings. The van der Waals surface area contributed by atoms with Crippen molar-refractivity contribution in [1.82, 2.24) is 5.32 Å². The van der Waals surface area contributed by atoms with Crippen molar-refractivity contribution in [3.05, 3.63) is 40.4 Å². The summed E-state index contributed by atoms with van der Waals surface area (Å²) in [5, 5.41) is 3.83. The molecule has 3 nitrogen and oxygen atoms in total. The van der Waals surface area contributed by atoms with E-state index in [1.165, 1.54) is 5.57 Å². The van der Waals surface area contributed by atoms with Gasteiger partial charge in [0.25, 0.3) is 0 Å². The van der Waals surface area contributed by atoms with Gasteiger partial charge in [-0.3, -0.25) is 0 Å². The molecule has 0 saturated heterocycles. The molecule has 0 aromatic heterocycles. The predicted octanol–water partition coefficient (Wildman–Crippen LogP) is 1.84. The molecule has 2 rings (SSSR count). The Kier molecular flexibility index (Phi) is 3.49. The Balaban J connectivity index is 2.29. The van der Waals surface area contributed by atoms with E-state index in [9.17, 15) is 0 Å². The molecule has 1 unspecified atom stereocenters. The van der Waals surface area contributed by atoms with Crippen LogP contribution in [0.25, 0.3) is 0 Å². The lowest BCUT2D eigenvalue weighted by molar-refractivity contribution is 0.655. The van der Waals surface area contributed by atoms with Crippen LogP contribution in [0.15, 0.2) is 29.8 Å². The summed E-state index contributed by atoms with van der Waals surface area (Å²) in [7, 11) is 0. The number of hydrogen-bond acceptors (Lipinski definition) is 3. The highest BCUT2D eigenvalue weighted by Gasteiger charge is 2.16. The Morgan fingerprint density at radius 2 is 2.19 bits per heavy atom. The Hall–Kier alpha value is -1.03. The maximum atomic E-state index is 6.20. The molecule has 1 heterocycles. The first-order chi connectivity index (χ1) is 7.70. The van der Waals surface area contributed by atoms with Gasteiger partial charge in [0.1, 0.15) is 0 Å². The van der Waals surface area contributed by atoms with Crippen molar-refractivity contribution >= 4 is 17.3 Å². The van der Waals surface area contributed by atoms with E-state index >= 15 is 0 Å². The number of rotatable bonds is 2. The topological polar surface area (TPSA) is 64.1 Å². The lowest BCUT2D eigenvalue weighted by Crippen LogP contribution is -2.26. The van der Waals surface area contributed by atoms with Crippen LogP contribution in [0.4, 0.5) is 5.69 Å². The fourth-order valence-corrected chi connectivity index (χ4v) is 2.13. The summed E-state index contributed by atoms with van der Waals surface area (Å²) in [5.41, 5.74) is 14.9. The lowest BCUT2D eigenvalue weighted by atomic mass is 9.94. The predicted molar refractivity (Wildman–Crippen MR) is 68.4 cm³/mol. The van der Waals surface area contributed by atoms with Crippen molar-refractivity contribution in [2.24, 2.45) is 5.73 Å². The van der Waals surface area contributed by atoms with E-state index in [1.54, 1.807) is 6.07 Å². The summed E-state index contributed by atoms with van der Waals surface area (Å²) < 4.78 is 0. The number of anilines is 1. The number of para-hydroxylation sites is 1. The first kappa shape index (κ1) is 11.5. The summed E-state index contributed by atoms with van der Waals surface area (Å²) in [5.74, 6) is 0. The van der Waals surface area contributed by atoms with E-state index in [4.69, 9.17) is 23.1 Å². The average Bonchev–Trinajstić information content (AvgIpc) is 2.33. The van der Waals surface area contributed by atoms with Crippen molar-refractivity contribution in [3.8, 4) is 0 Å². The highest BCUT2D eigenvalue weighted by molar-refractivity contribution is 6.33. The van der Waals surface area contributed by atoms with Gasteiger partial charge in [-0.25, -0.2) is 0 Å². The number of nitrogen functional groups attached to an aromatic ring is 1. The number of nitrogens with one attached hydrogen (secondary N) is 1. The van der Waals surface area contributed by atoms with Gasteiger partial charge in [0.05, 0.1) is 16.8 Å². The van der Waals surface area contributed by atoms with Gasteiger partial charge >= 0.3 is 0 Å². The summed E-state index contributed by atoms with van der Waals surface area (Å²) in [6.45, 7) is 1.85. The minimum atomic E-state index is -0.138. The molecular weight excluding hydrogens is 222 g/mol. The largest absolute Gasteiger partial charge is 0.397 e. The van der Waals surface area contributed by atoms with Crippen LogP contribution in [-0.2, 0) is 0 Å². The Morgan fingerprint density at radius 1 is 1.38 bits per heavy atom. The summed E-state index contributed by atoms with van der Waals surface area (Å²) >= 11 is 5.98. The van der Waals surface area contributed by atoms with Gasteiger partial charge in [0.2, 0.25) is 0 Å². The van der Waals surface area contributed by atoms with Gasteiger partial charge < -0.3 is 16.8 Å². The van der Waals surface area contributed by atoms with Crippen LogP contribution < -0.4 is 16.8 Å². The van der Waals surface area contributed by atoms with Gasteiger partial charge in [-0.1, -0.05) is 35.4 Å². The first-order valence-corrected chi connectivity index (χ1v) is 5.77. The van der Waals surface area contributed by atoms with Crippen molar-refractivity contribution < 1.29 is 0 Å². The minimum absolute atomic E-state index is 0.138. The fraction of sp³-hybridized carbons (Fsp3) is 0.333. The zero-order valence-corrected chi connectivity index (χ0v) is 9.80. The third kappa shape index (κ3) is 2.21. The Morgan fingerprint density at radius 3 is 2.88 bits per heavy atom. The third-order valence-electron chi connectivity index (χ3n) is 2.92. The first-order valence-electron chi connectivity index (χ1n) is 5.39. The van der Waals surface area contributed by atoms with E-state index in [0.717, 1.165) is 25.1 Å². The zero-order valence-electron chi connectivity index (χ0n) is 9.04. The number of nitrogens with two attached hydrogens (primary N) is 2. The van der Waals surface area contributed by atoms with E-state index < -0.39 is 0 Å². The lowest BCUT2D eigenvalue weighted by Gasteiger charge is -2.22. The fourth-order valence-electron chi connectivity index (χ4n) is 1.95. The molecule has 1 aromatic carbocycles. The monoisotopic (exact) mass is 237 g/mol. The maximum absolute atomic E-state index is 6.20. The molecule has 0 amide bonds. The molecule has 86 valence electrons. The Labute approximate surface area is 100 Å². The van der Waals surface area contributed by atoms with Gasteiger partial charge in [0, 0.05) is 6.54 Å². The smallest absolute Gasteiger partial charge is 0.0639 e. The molecule has 1 aromatic rings. The van der Waals surface area contributed by atoms with Crippen LogP contribution in [0, 0.1) is 0 Å². The van der Waals surface area contributed by atoms with Crippen LogP contribution in [-0.4, -0.2) is 13.1 Å². The van der Waals surface area contributed by atoms with Gasteiger partial charge in [0.15, 0.2) is 0 Å². The molecule has 0 aliphatic carbocycles. The molecule has 0 fully saturated rings. The van der Waals surface area contributed by atoms with Gasteiger partial charge in [-0.15, -0.1) is 0 Å². The van der Waals surface area contributed by atoms with Crippen molar-refractivity contribution in [3.63, 3.8) is 0 Å². The second kappa shape index (κ2) is 4.87. The van der Waals surface area contributed by atoms with Crippen molar-refractivity contribution in [1.29, 1.82) is 0 Å². The molecule has 0 radical (unpaired) electrons. The van der Waals surface area contributed by atoms with Crippen molar-refractivity contribution in [2.45, 2.75) is 12.5 Å². The second-order valence-electron chi connectivity index (χ2n) is 3.95. The molecule has 5 N–H and O–H groups in total. The minimum Gasteiger partial charge on any atom is -0.397 e. The number of hydrogen-bond donors (Lipinski definition) is 3. The highest BCUT2D eigenvalue weighted by atomic mass is 35.5. The van der Waals surface area contributed by atoms with E-state index in [2.05, 4.69) is 11.4 Å². The van der Waals surface area contributed by atoms with Crippen LogP contribution in [0.2, 0.25) is 5.02 Å². The quantitative estimate of drug-likeness (QED) is 0.543. The van der Waals surface area contributed by atoms with E-state index in [-0.39, 0.29) is 6.04 Å². The number of halogens is 1. The second-order valence-corrected chi connectivity index (χ2v) is 4.36. The molecule has 0 saturated carbocycles.